The van der Waals surface area contributed by atoms with Crippen LogP contribution in [0, 0.1) is 0 Å². The Morgan fingerprint density at radius 3 is 2.70 bits per heavy atom. The Kier molecular flexibility index (Phi) is 5.28. The standard InChI is InChI=1S/C18H25N3O2/c22-17(20-16-8-4-5-11-19-18(16)23)13-21(15-9-10-15)12-14-6-2-1-3-7-14/h1-3,6-7,15-16H,4-5,8-13H2,(H,19,23)(H,20,22)/t16-/m0/s1. The van der Waals surface area contributed by atoms with Gasteiger partial charge in [0, 0.05) is 19.1 Å². The van der Waals surface area contributed by atoms with Crippen LogP contribution in [0.4, 0.5) is 0 Å². The van der Waals surface area contributed by atoms with Gasteiger partial charge in [-0.05, 0) is 37.7 Å². The monoisotopic (exact) mass is 315 g/mol. The molecule has 1 aromatic carbocycles. The number of carbonyl (C=O) groups is 2. The number of carbonyl (C=O) groups excluding carboxylic acids is 2. The van der Waals surface area contributed by atoms with Crippen molar-refractivity contribution >= 4 is 11.8 Å². The molecule has 5 nitrogen and oxygen atoms in total. The van der Waals surface area contributed by atoms with Crippen LogP contribution in [0.5, 0.6) is 0 Å². The average molecular weight is 315 g/mol. The van der Waals surface area contributed by atoms with Crippen LogP contribution >= 0.6 is 0 Å². The molecule has 3 rings (SSSR count). The van der Waals surface area contributed by atoms with E-state index in [1.54, 1.807) is 0 Å². The fraction of sp³-hybridized carbons (Fsp3) is 0.556. The number of amides is 2. The highest BCUT2D eigenvalue weighted by Gasteiger charge is 2.31. The Hall–Kier alpha value is -1.88. The van der Waals surface area contributed by atoms with Gasteiger partial charge in [0.15, 0.2) is 0 Å². The molecule has 2 fully saturated rings. The van der Waals surface area contributed by atoms with Gasteiger partial charge in [-0.2, -0.15) is 0 Å². The summed E-state index contributed by atoms with van der Waals surface area (Å²) < 4.78 is 0. The topological polar surface area (TPSA) is 61.4 Å². The van der Waals surface area contributed by atoms with Gasteiger partial charge in [-0.25, -0.2) is 0 Å². The van der Waals surface area contributed by atoms with E-state index >= 15 is 0 Å². The Bertz CT molecular complexity index is 542. The Morgan fingerprint density at radius 2 is 1.96 bits per heavy atom. The van der Waals surface area contributed by atoms with Crippen LogP contribution in [0.2, 0.25) is 0 Å². The first-order valence-electron chi connectivity index (χ1n) is 8.57. The molecule has 0 aromatic heterocycles. The van der Waals surface area contributed by atoms with Gasteiger partial charge in [-0.1, -0.05) is 30.3 Å². The molecule has 1 aliphatic carbocycles. The summed E-state index contributed by atoms with van der Waals surface area (Å²) in [7, 11) is 0. The lowest BCUT2D eigenvalue weighted by atomic mass is 10.1. The summed E-state index contributed by atoms with van der Waals surface area (Å²) in [5.41, 5.74) is 1.22. The number of nitrogens with one attached hydrogen (secondary N) is 2. The molecule has 0 radical (unpaired) electrons. The Balaban J connectivity index is 1.55. The maximum Gasteiger partial charge on any atom is 0.242 e. The Labute approximate surface area is 137 Å². The zero-order valence-corrected chi connectivity index (χ0v) is 13.5. The van der Waals surface area contributed by atoms with Gasteiger partial charge in [0.05, 0.1) is 6.54 Å². The van der Waals surface area contributed by atoms with E-state index in [9.17, 15) is 9.59 Å². The van der Waals surface area contributed by atoms with E-state index in [1.807, 2.05) is 18.2 Å². The third-order valence-electron chi connectivity index (χ3n) is 4.51. The number of hydrogen-bond donors (Lipinski definition) is 2. The lowest BCUT2D eigenvalue weighted by Crippen LogP contribution is -2.48. The minimum atomic E-state index is -0.372. The minimum Gasteiger partial charge on any atom is -0.354 e. The number of nitrogens with zero attached hydrogens (tertiary/aromatic N) is 1. The molecular formula is C18H25N3O2. The van der Waals surface area contributed by atoms with E-state index in [-0.39, 0.29) is 17.9 Å². The fourth-order valence-corrected chi connectivity index (χ4v) is 3.07. The molecule has 1 heterocycles. The van der Waals surface area contributed by atoms with Gasteiger partial charge >= 0.3 is 0 Å². The van der Waals surface area contributed by atoms with Crippen molar-refractivity contribution in [1.82, 2.24) is 15.5 Å². The molecular weight excluding hydrogens is 290 g/mol. The third kappa shape index (κ3) is 4.79. The van der Waals surface area contributed by atoms with Gasteiger partial charge < -0.3 is 10.6 Å². The van der Waals surface area contributed by atoms with Crippen molar-refractivity contribution in [2.45, 2.75) is 50.7 Å². The van der Waals surface area contributed by atoms with Crippen LogP contribution < -0.4 is 10.6 Å². The lowest BCUT2D eigenvalue weighted by molar-refractivity contribution is -0.129. The minimum absolute atomic E-state index is 0.0446. The largest absolute Gasteiger partial charge is 0.354 e. The quantitative estimate of drug-likeness (QED) is 0.835. The smallest absolute Gasteiger partial charge is 0.242 e. The lowest BCUT2D eigenvalue weighted by Gasteiger charge is -2.23. The van der Waals surface area contributed by atoms with Crippen molar-refractivity contribution in [3.8, 4) is 0 Å². The maximum atomic E-state index is 12.4. The molecule has 0 bridgehead atoms. The zero-order valence-electron chi connectivity index (χ0n) is 13.5. The van der Waals surface area contributed by atoms with E-state index in [0.29, 0.717) is 19.1 Å². The van der Waals surface area contributed by atoms with Gasteiger partial charge in [-0.15, -0.1) is 0 Å². The van der Waals surface area contributed by atoms with Crippen LogP contribution in [-0.2, 0) is 16.1 Å². The van der Waals surface area contributed by atoms with Crippen molar-refractivity contribution in [1.29, 1.82) is 0 Å². The molecule has 124 valence electrons. The predicted molar refractivity (Wildman–Crippen MR) is 88.7 cm³/mol. The molecule has 1 aliphatic heterocycles. The van der Waals surface area contributed by atoms with E-state index in [1.165, 1.54) is 5.56 Å². The molecule has 1 aromatic rings. The van der Waals surface area contributed by atoms with Crippen molar-refractivity contribution in [3.05, 3.63) is 35.9 Å². The van der Waals surface area contributed by atoms with Crippen LogP contribution in [0.15, 0.2) is 30.3 Å². The first-order valence-corrected chi connectivity index (χ1v) is 8.57. The Morgan fingerprint density at radius 1 is 1.17 bits per heavy atom. The second-order valence-electron chi connectivity index (χ2n) is 6.53. The highest BCUT2D eigenvalue weighted by Crippen LogP contribution is 2.28. The summed E-state index contributed by atoms with van der Waals surface area (Å²) in [6.07, 6.45) is 5.01. The highest BCUT2D eigenvalue weighted by atomic mass is 16.2. The molecule has 2 aliphatic rings. The molecule has 5 heteroatoms. The first-order chi connectivity index (χ1) is 11.2. The summed E-state index contributed by atoms with van der Waals surface area (Å²) in [6.45, 7) is 1.87. The summed E-state index contributed by atoms with van der Waals surface area (Å²) in [6, 6.07) is 10.4. The second kappa shape index (κ2) is 7.59. The number of rotatable bonds is 6. The van der Waals surface area contributed by atoms with Crippen molar-refractivity contribution in [3.63, 3.8) is 0 Å². The maximum absolute atomic E-state index is 12.4. The van der Waals surface area contributed by atoms with Gasteiger partial charge in [0.25, 0.3) is 0 Å². The van der Waals surface area contributed by atoms with Crippen molar-refractivity contribution in [2.24, 2.45) is 0 Å². The average Bonchev–Trinajstić information content (AvgIpc) is 3.38. The van der Waals surface area contributed by atoms with Crippen molar-refractivity contribution in [2.75, 3.05) is 13.1 Å². The summed E-state index contributed by atoms with van der Waals surface area (Å²) in [5, 5.41) is 5.78. The number of benzene rings is 1. The first kappa shape index (κ1) is 16.0. The SMILES string of the molecule is O=C(CN(Cc1ccccc1)C1CC1)N[C@H]1CCCCNC1=O. The number of hydrogen-bond acceptors (Lipinski definition) is 3. The summed E-state index contributed by atoms with van der Waals surface area (Å²) in [5.74, 6) is -0.0910. The summed E-state index contributed by atoms with van der Waals surface area (Å²) >= 11 is 0. The molecule has 2 amide bonds. The van der Waals surface area contributed by atoms with E-state index in [4.69, 9.17) is 0 Å². The highest BCUT2D eigenvalue weighted by molar-refractivity contribution is 5.88. The van der Waals surface area contributed by atoms with Crippen LogP contribution in [0.25, 0.3) is 0 Å². The molecule has 0 unspecified atom stereocenters. The second-order valence-corrected chi connectivity index (χ2v) is 6.53. The van der Waals surface area contributed by atoms with Crippen molar-refractivity contribution < 1.29 is 9.59 Å². The van der Waals surface area contributed by atoms with E-state index in [0.717, 1.165) is 38.6 Å². The van der Waals surface area contributed by atoms with Crippen LogP contribution in [-0.4, -0.2) is 41.9 Å². The summed E-state index contributed by atoms with van der Waals surface area (Å²) in [4.78, 5) is 26.5. The molecule has 1 saturated heterocycles. The van der Waals surface area contributed by atoms with Gasteiger partial charge in [0.1, 0.15) is 6.04 Å². The van der Waals surface area contributed by atoms with E-state index in [2.05, 4.69) is 27.7 Å². The predicted octanol–water partition coefficient (Wildman–Crippen LogP) is 1.44. The third-order valence-corrected chi connectivity index (χ3v) is 4.51. The van der Waals surface area contributed by atoms with Gasteiger partial charge in [-0.3, -0.25) is 14.5 Å². The zero-order chi connectivity index (χ0) is 16.1. The van der Waals surface area contributed by atoms with Crippen LogP contribution in [0.1, 0.15) is 37.7 Å². The van der Waals surface area contributed by atoms with E-state index < -0.39 is 0 Å². The van der Waals surface area contributed by atoms with Gasteiger partial charge in [0.2, 0.25) is 11.8 Å². The molecule has 23 heavy (non-hydrogen) atoms. The normalized spacial score (nSPS) is 21.6. The fourth-order valence-electron chi connectivity index (χ4n) is 3.07. The molecule has 2 N–H and O–H groups in total. The molecule has 1 saturated carbocycles. The van der Waals surface area contributed by atoms with Crippen LogP contribution in [0.3, 0.4) is 0 Å². The molecule has 1 atom stereocenters. The molecule has 0 spiro atoms.